The van der Waals surface area contributed by atoms with Gasteiger partial charge in [-0.1, -0.05) is 84.6 Å². The van der Waals surface area contributed by atoms with Crippen molar-refractivity contribution in [3.8, 4) is 28.4 Å². The number of benzene rings is 4. The number of hydrogen-bond donors (Lipinski definition) is 1. The minimum Gasteiger partial charge on any atom is -0.488 e. The second-order valence-electron chi connectivity index (χ2n) is 9.62. The van der Waals surface area contributed by atoms with Gasteiger partial charge in [0.15, 0.2) is 17.5 Å². The van der Waals surface area contributed by atoms with Crippen LogP contribution in [0.5, 0.6) is 17.2 Å². The second-order valence-corrected chi connectivity index (χ2v) is 10.8. The molecule has 198 valence electrons. The van der Waals surface area contributed by atoms with E-state index in [1.54, 1.807) is 0 Å². The van der Waals surface area contributed by atoms with Crippen LogP contribution in [0.2, 0.25) is 0 Å². The largest absolute Gasteiger partial charge is 0.488 e. The number of aliphatic carboxylic acids is 1. The monoisotopic (exact) mass is 549 g/mol. The molecular weight excluding hydrogens is 526 g/mol. The Morgan fingerprint density at radius 2 is 1.70 bits per heavy atom. The van der Waals surface area contributed by atoms with Crippen LogP contribution in [0.15, 0.2) is 107 Å². The normalized spacial score (nSPS) is 17.1. The summed E-state index contributed by atoms with van der Waals surface area (Å²) < 4.78 is 18.9. The van der Waals surface area contributed by atoms with Crippen LogP contribution in [0.1, 0.15) is 22.4 Å². The Bertz CT molecular complexity index is 1830. The zero-order valence-corrected chi connectivity index (χ0v) is 22.0. The van der Waals surface area contributed by atoms with Crippen molar-refractivity contribution in [2.24, 2.45) is 0 Å². The van der Waals surface area contributed by atoms with Crippen LogP contribution in [-0.2, 0) is 11.4 Å². The van der Waals surface area contributed by atoms with Gasteiger partial charge < -0.3 is 19.3 Å². The van der Waals surface area contributed by atoms with Crippen LogP contribution in [-0.4, -0.2) is 22.4 Å². The van der Waals surface area contributed by atoms with E-state index in [-0.39, 0.29) is 19.0 Å². The smallest absolute Gasteiger partial charge is 0.328 e. The molecule has 7 nitrogen and oxygen atoms in total. The highest BCUT2D eigenvalue weighted by atomic mass is 32.2. The number of rotatable bonds is 6. The number of carbonyl (C=O) groups is 1. The quantitative estimate of drug-likeness (QED) is 0.261. The van der Waals surface area contributed by atoms with Gasteiger partial charge in [0.2, 0.25) is 6.79 Å². The summed E-state index contributed by atoms with van der Waals surface area (Å²) >= 11 is 1.39. The number of ether oxygens (including phenoxy) is 3. The number of nitrogens with zero attached hydrogens (tertiary/aromatic N) is 1. The summed E-state index contributed by atoms with van der Waals surface area (Å²) in [5.41, 5.74) is 2.65. The predicted molar refractivity (Wildman–Crippen MR) is 152 cm³/mol. The van der Waals surface area contributed by atoms with Gasteiger partial charge in [0.05, 0.1) is 10.3 Å². The third kappa shape index (κ3) is 4.08. The average molecular weight is 550 g/mol. The predicted octanol–water partition coefficient (Wildman–Crippen LogP) is 6.45. The van der Waals surface area contributed by atoms with Gasteiger partial charge in [-0.05, 0) is 34.7 Å². The molecule has 8 heteroatoms. The molecule has 0 amide bonds. The van der Waals surface area contributed by atoms with E-state index in [0.717, 1.165) is 27.5 Å². The fourth-order valence-corrected chi connectivity index (χ4v) is 7.02. The maximum Gasteiger partial charge on any atom is 0.328 e. The number of pyridine rings is 1. The molecule has 0 saturated carbocycles. The maximum absolute atomic E-state index is 13.6. The molecule has 2 aliphatic rings. The van der Waals surface area contributed by atoms with Gasteiger partial charge in [0.1, 0.15) is 12.4 Å². The van der Waals surface area contributed by atoms with E-state index < -0.39 is 17.3 Å². The van der Waals surface area contributed by atoms with E-state index in [9.17, 15) is 14.7 Å². The molecule has 2 atom stereocenters. The molecule has 0 aliphatic carbocycles. The minimum absolute atomic E-state index is 0.120. The number of carboxylic acid groups (broad SMARTS) is 1. The van der Waals surface area contributed by atoms with Crippen molar-refractivity contribution in [1.82, 2.24) is 4.57 Å². The van der Waals surface area contributed by atoms with E-state index in [1.165, 1.54) is 22.4 Å². The molecule has 4 aromatic carbocycles. The highest BCUT2D eigenvalue weighted by Gasteiger charge is 2.42. The van der Waals surface area contributed by atoms with Crippen LogP contribution in [0.3, 0.4) is 0 Å². The van der Waals surface area contributed by atoms with Gasteiger partial charge in [0.25, 0.3) is 5.56 Å². The van der Waals surface area contributed by atoms with Crippen molar-refractivity contribution < 1.29 is 24.1 Å². The van der Waals surface area contributed by atoms with Crippen molar-refractivity contribution in [1.29, 1.82) is 0 Å². The van der Waals surface area contributed by atoms with Crippen molar-refractivity contribution in [3.05, 3.63) is 119 Å². The van der Waals surface area contributed by atoms with Crippen molar-refractivity contribution >= 4 is 28.5 Å². The van der Waals surface area contributed by atoms with Gasteiger partial charge in [-0.3, -0.25) is 9.36 Å². The zero-order chi connectivity index (χ0) is 27.2. The fraction of sp³-hybridized carbons (Fsp3) is 0.125. The number of fused-ring (bicyclic) bond motifs is 3. The summed E-state index contributed by atoms with van der Waals surface area (Å²) in [5.74, 6) is 0.883. The van der Waals surface area contributed by atoms with Gasteiger partial charge in [-0.2, -0.15) is 0 Å². The van der Waals surface area contributed by atoms with E-state index >= 15 is 0 Å². The molecule has 0 bridgehead atoms. The first-order valence-corrected chi connectivity index (χ1v) is 13.7. The van der Waals surface area contributed by atoms with Crippen LogP contribution in [0.25, 0.3) is 21.9 Å². The van der Waals surface area contributed by atoms with Crippen molar-refractivity contribution in [3.63, 3.8) is 0 Å². The number of thioether (sulfide) groups is 1. The van der Waals surface area contributed by atoms with Crippen molar-refractivity contribution in [2.75, 3.05) is 6.79 Å². The SMILES string of the molecule is O=C(O)C1C(c2ccccc2)Sc2c(-c3ccc4c(c3)OCO4)c(COc3cccc4ccccc34)cc(=O)n21. The number of carboxylic acids is 1. The first kappa shape index (κ1) is 24.4. The molecule has 0 radical (unpaired) electrons. The molecule has 0 spiro atoms. The Kier molecular flexibility index (Phi) is 5.97. The lowest BCUT2D eigenvalue weighted by Crippen LogP contribution is -2.30. The lowest BCUT2D eigenvalue weighted by Gasteiger charge is -2.18. The molecule has 2 aliphatic heterocycles. The summed E-state index contributed by atoms with van der Waals surface area (Å²) in [6.07, 6.45) is 0. The summed E-state index contributed by atoms with van der Waals surface area (Å²) in [6.45, 7) is 0.253. The molecule has 2 unspecified atom stereocenters. The van der Waals surface area contributed by atoms with Crippen LogP contribution in [0.4, 0.5) is 0 Å². The van der Waals surface area contributed by atoms with Crippen LogP contribution in [0, 0.1) is 0 Å². The Labute approximate surface area is 233 Å². The Balaban J connectivity index is 1.39. The fourth-order valence-electron chi connectivity index (χ4n) is 5.43. The molecule has 0 saturated heterocycles. The van der Waals surface area contributed by atoms with Gasteiger partial charge in [0, 0.05) is 22.6 Å². The first-order valence-electron chi connectivity index (χ1n) is 12.8. The third-order valence-electron chi connectivity index (χ3n) is 7.27. The van der Waals surface area contributed by atoms with Gasteiger partial charge >= 0.3 is 5.97 Å². The Hall–Kier alpha value is -4.69. The molecular formula is C32H23NO6S. The molecule has 0 fully saturated rings. The lowest BCUT2D eigenvalue weighted by molar-refractivity contribution is -0.141. The molecule has 40 heavy (non-hydrogen) atoms. The maximum atomic E-state index is 13.6. The van der Waals surface area contributed by atoms with Gasteiger partial charge in [-0.15, -0.1) is 0 Å². The van der Waals surface area contributed by atoms with E-state index in [2.05, 4.69) is 0 Å². The first-order chi connectivity index (χ1) is 19.6. The minimum atomic E-state index is -1.06. The van der Waals surface area contributed by atoms with E-state index in [1.807, 2.05) is 91.0 Å². The summed E-state index contributed by atoms with van der Waals surface area (Å²) in [4.78, 5) is 26.2. The molecule has 1 N–H and O–H groups in total. The molecule has 7 rings (SSSR count). The van der Waals surface area contributed by atoms with Crippen molar-refractivity contribution in [2.45, 2.75) is 22.9 Å². The summed E-state index contributed by atoms with van der Waals surface area (Å²) in [5, 5.41) is 12.4. The Morgan fingerprint density at radius 3 is 2.55 bits per heavy atom. The second kappa shape index (κ2) is 9.81. The Morgan fingerprint density at radius 1 is 0.925 bits per heavy atom. The number of aromatic nitrogens is 1. The average Bonchev–Trinajstić information content (AvgIpc) is 3.62. The van der Waals surface area contributed by atoms with E-state index in [0.29, 0.717) is 27.8 Å². The van der Waals surface area contributed by atoms with Gasteiger partial charge in [-0.25, -0.2) is 4.79 Å². The summed E-state index contributed by atoms with van der Waals surface area (Å²) in [7, 11) is 0. The summed E-state index contributed by atoms with van der Waals surface area (Å²) in [6, 6.07) is 29.3. The zero-order valence-electron chi connectivity index (χ0n) is 21.2. The van der Waals surface area contributed by atoms with Crippen LogP contribution < -0.4 is 19.8 Å². The number of hydrogen-bond acceptors (Lipinski definition) is 6. The highest BCUT2D eigenvalue weighted by Crippen LogP contribution is 2.53. The topological polar surface area (TPSA) is 87.0 Å². The molecule has 5 aromatic rings. The lowest BCUT2D eigenvalue weighted by atomic mass is 10.00. The third-order valence-corrected chi connectivity index (χ3v) is 8.68. The highest BCUT2D eigenvalue weighted by molar-refractivity contribution is 7.99. The molecule has 1 aromatic heterocycles. The standard InChI is InChI=1S/C32H23NO6S/c34-27-16-22(17-37-24-12-6-10-19-7-4-5-11-23(19)24)28(21-13-14-25-26(15-21)39-18-38-25)31-33(27)29(32(35)36)30(40-31)20-8-2-1-3-9-20/h1-16,29-30H,17-18H2,(H,35,36). The van der Waals surface area contributed by atoms with E-state index in [4.69, 9.17) is 14.2 Å². The molecule has 3 heterocycles. The van der Waals surface area contributed by atoms with Crippen LogP contribution >= 0.6 is 11.8 Å².